The Morgan fingerprint density at radius 2 is 1.79 bits per heavy atom. The van der Waals surface area contributed by atoms with Crippen LogP contribution < -0.4 is 14.4 Å². The van der Waals surface area contributed by atoms with Gasteiger partial charge >= 0.3 is 0 Å². The molecule has 2 rings (SSSR count). The second kappa shape index (κ2) is 9.50. The molecule has 1 N–H and O–H groups in total. The zero-order valence-corrected chi connectivity index (χ0v) is 18.8. The molecule has 0 aliphatic rings. The van der Waals surface area contributed by atoms with Crippen LogP contribution in [-0.4, -0.2) is 33.7 Å². The summed E-state index contributed by atoms with van der Waals surface area (Å²) in [6, 6.07) is 11.2. The van der Waals surface area contributed by atoms with E-state index in [9.17, 15) is 13.2 Å². The van der Waals surface area contributed by atoms with Crippen LogP contribution in [0, 0.1) is 0 Å². The first-order chi connectivity index (χ1) is 13.6. The molecule has 0 fully saturated rings. The molecule has 0 radical (unpaired) electrons. The normalized spacial score (nSPS) is 12.5. The van der Waals surface area contributed by atoms with Crippen molar-refractivity contribution >= 4 is 38.9 Å². The number of carbonyl (C=O) groups excluding carboxylic acids is 1. The number of halogens is 1. The lowest BCUT2D eigenvalue weighted by Crippen LogP contribution is -2.47. The summed E-state index contributed by atoms with van der Waals surface area (Å²) in [5.41, 5.74) is 1.97. The third-order valence-corrected chi connectivity index (χ3v) is 5.95. The molecule has 0 spiro atoms. The minimum atomic E-state index is -3.80. The Balaban J connectivity index is 2.41. The van der Waals surface area contributed by atoms with Gasteiger partial charge in [-0.15, -0.1) is 0 Å². The number of anilines is 2. The fourth-order valence-corrected chi connectivity index (χ4v) is 4.42. The predicted molar refractivity (Wildman–Crippen MR) is 119 cm³/mol. The van der Waals surface area contributed by atoms with Gasteiger partial charge in [0.2, 0.25) is 15.9 Å². The molecule has 0 aliphatic heterocycles. The summed E-state index contributed by atoms with van der Waals surface area (Å²) >= 11 is 6.09. The van der Waals surface area contributed by atoms with Gasteiger partial charge in [-0.05, 0) is 48.2 Å². The van der Waals surface area contributed by atoms with Crippen LogP contribution in [0.5, 0.6) is 5.75 Å². The smallest absolute Gasteiger partial charge is 0.248 e. The van der Waals surface area contributed by atoms with E-state index in [2.05, 4.69) is 19.2 Å². The monoisotopic (exact) mass is 438 g/mol. The lowest BCUT2D eigenvalue weighted by molar-refractivity contribution is -0.117. The molecule has 2 aromatic rings. The van der Waals surface area contributed by atoms with Crippen LogP contribution in [-0.2, 0) is 14.8 Å². The number of benzene rings is 2. The molecule has 1 atom stereocenters. The Kier molecular flexibility index (Phi) is 7.54. The SMILES string of the molecule is CC[C@H](C(=O)Nc1ccc(C(C)C)cc1)N(c1cc(Cl)ccc1OC)S(C)(=O)=O. The van der Waals surface area contributed by atoms with Crippen LogP contribution in [0.15, 0.2) is 42.5 Å². The van der Waals surface area contributed by atoms with Crippen molar-refractivity contribution in [1.29, 1.82) is 0 Å². The Labute approximate surface area is 177 Å². The first kappa shape index (κ1) is 23.0. The Morgan fingerprint density at radius 1 is 1.17 bits per heavy atom. The average molecular weight is 439 g/mol. The Morgan fingerprint density at radius 3 is 2.28 bits per heavy atom. The highest BCUT2D eigenvalue weighted by molar-refractivity contribution is 7.92. The van der Waals surface area contributed by atoms with Gasteiger partial charge < -0.3 is 10.1 Å². The predicted octanol–water partition coefficient (Wildman–Crippen LogP) is 4.66. The molecule has 0 saturated carbocycles. The second-order valence-corrected chi connectivity index (χ2v) is 9.36. The highest BCUT2D eigenvalue weighted by Gasteiger charge is 2.33. The van der Waals surface area contributed by atoms with Gasteiger partial charge in [-0.25, -0.2) is 8.42 Å². The van der Waals surface area contributed by atoms with E-state index in [1.807, 2.05) is 24.3 Å². The molecule has 0 unspecified atom stereocenters. The minimum Gasteiger partial charge on any atom is -0.495 e. The van der Waals surface area contributed by atoms with Crippen molar-refractivity contribution in [2.75, 3.05) is 23.0 Å². The quantitative estimate of drug-likeness (QED) is 0.650. The van der Waals surface area contributed by atoms with Gasteiger partial charge in [0.15, 0.2) is 0 Å². The maximum atomic E-state index is 13.0. The van der Waals surface area contributed by atoms with E-state index in [0.717, 1.165) is 16.1 Å². The van der Waals surface area contributed by atoms with Gasteiger partial charge in [0.1, 0.15) is 11.8 Å². The molecule has 6 nitrogen and oxygen atoms in total. The van der Waals surface area contributed by atoms with Crippen molar-refractivity contribution in [3.05, 3.63) is 53.1 Å². The van der Waals surface area contributed by atoms with E-state index < -0.39 is 22.0 Å². The Hall–Kier alpha value is -2.25. The molecule has 29 heavy (non-hydrogen) atoms. The van der Waals surface area contributed by atoms with E-state index in [0.29, 0.717) is 22.4 Å². The summed E-state index contributed by atoms with van der Waals surface area (Å²) in [6.45, 7) is 5.92. The molecule has 1 amide bonds. The molecule has 0 saturated heterocycles. The molecule has 0 aromatic heterocycles. The van der Waals surface area contributed by atoms with E-state index in [-0.39, 0.29) is 12.1 Å². The van der Waals surface area contributed by atoms with Gasteiger partial charge in [0, 0.05) is 10.7 Å². The largest absolute Gasteiger partial charge is 0.495 e. The fourth-order valence-electron chi connectivity index (χ4n) is 3.05. The number of amides is 1. The number of methoxy groups -OCH3 is 1. The molecule has 8 heteroatoms. The van der Waals surface area contributed by atoms with E-state index >= 15 is 0 Å². The van der Waals surface area contributed by atoms with Crippen molar-refractivity contribution in [1.82, 2.24) is 0 Å². The Bertz CT molecular complexity index is 959. The lowest BCUT2D eigenvalue weighted by Gasteiger charge is -2.31. The van der Waals surface area contributed by atoms with E-state index in [1.165, 1.54) is 13.2 Å². The van der Waals surface area contributed by atoms with Crippen molar-refractivity contribution in [3.8, 4) is 5.75 Å². The number of carbonyl (C=O) groups is 1. The summed E-state index contributed by atoms with van der Waals surface area (Å²) in [7, 11) is -2.37. The number of ether oxygens (including phenoxy) is 1. The van der Waals surface area contributed by atoms with Crippen molar-refractivity contribution in [3.63, 3.8) is 0 Å². The number of nitrogens with zero attached hydrogens (tertiary/aromatic N) is 1. The minimum absolute atomic E-state index is 0.222. The van der Waals surface area contributed by atoms with Crippen molar-refractivity contribution < 1.29 is 17.9 Å². The number of hydrogen-bond acceptors (Lipinski definition) is 4. The first-order valence-electron chi connectivity index (χ1n) is 9.32. The lowest BCUT2D eigenvalue weighted by atomic mass is 10.0. The van der Waals surface area contributed by atoms with Gasteiger partial charge in [-0.3, -0.25) is 9.10 Å². The summed E-state index contributed by atoms with van der Waals surface area (Å²) in [6.07, 6.45) is 1.32. The summed E-state index contributed by atoms with van der Waals surface area (Å²) in [5, 5.41) is 3.16. The van der Waals surface area contributed by atoms with Crippen LogP contribution in [0.2, 0.25) is 5.02 Å². The van der Waals surface area contributed by atoms with Crippen molar-refractivity contribution in [2.45, 2.75) is 39.2 Å². The standard InChI is InChI=1S/C21H27ClN2O4S/c1-6-18(21(25)23-17-10-7-15(8-11-17)14(2)3)24(29(5,26)27)19-13-16(22)9-12-20(19)28-4/h7-14,18H,6H2,1-5H3,(H,23,25)/t18-/m1/s1. The topological polar surface area (TPSA) is 75.7 Å². The molecular formula is C21H27ClN2O4S. The number of rotatable bonds is 8. The van der Waals surface area contributed by atoms with Crippen LogP contribution >= 0.6 is 11.6 Å². The number of hydrogen-bond donors (Lipinski definition) is 1. The van der Waals surface area contributed by atoms with Gasteiger partial charge in [-0.2, -0.15) is 0 Å². The maximum Gasteiger partial charge on any atom is 0.248 e. The van der Waals surface area contributed by atoms with Crippen molar-refractivity contribution in [2.24, 2.45) is 0 Å². The number of nitrogens with one attached hydrogen (secondary N) is 1. The average Bonchev–Trinajstić information content (AvgIpc) is 2.65. The second-order valence-electron chi connectivity index (χ2n) is 7.06. The van der Waals surface area contributed by atoms with Gasteiger partial charge in [0.25, 0.3) is 0 Å². The van der Waals surface area contributed by atoms with E-state index in [1.54, 1.807) is 19.1 Å². The third-order valence-electron chi connectivity index (χ3n) is 4.55. The molecule has 0 heterocycles. The zero-order valence-electron chi connectivity index (χ0n) is 17.3. The van der Waals surface area contributed by atoms with Crippen LogP contribution in [0.1, 0.15) is 38.7 Å². The number of sulfonamides is 1. The zero-order chi connectivity index (χ0) is 21.8. The highest BCUT2D eigenvalue weighted by atomic mass is 35.5. The van der Waals surface area contributed by atoms with Gasteiger partial charge in [-0.1, -0.05) is 44.5 Å². The first-order valence-corrected chi connectivity index (χ1v) is 11.5. The highest BCUT2D eigenvalue weighted by Crippen LogP contribution is 2.35. The van der Waals surface area contributed by atoms with E-state index in [4.69, 9.17) is 16.3 Å². The molecule has 158 valence electrons. The molecule has 0 bridgehead atoms. The third kappa shape index (κ3) is 5.64. The summed E-state index contributed by atoms with van der Waals surface area (Å²) in [4.78, 5) is 13.0. The summed E-state index contributed by atoms with van der Waals surface area (Å²) in [5.74, 6) is 0.253. The molecule has 0 aliphatic carbocycles. The summed E-state index contributed by atoms with van der Waals surface area (Å²) < 4.78 is 31.6. The maximum absolute atomic E-state index is 13.0. The molecule has 2 aromatic carbocycles. The van der Waals surface area contributed by atoms with Crippen LogP contribution in [0.4, 0.5) is 11.4 Å². The van der Waals surface area contributed by atoms with Crippen LogP contribution in [0.25, 0.3) is 0 Å². The van der Waals surface area contributed by atoms with Gasteiger partial charge in [0.05, 0.1) is 19.1 Å². The fraction of sp³-hybridized carbons (Fsp3) is 0.381. The molecular weight excluding hydrogens is 412 g/mol. The van der Waals surface area contributed by atoms with Crippen LogP contribution in [0.3, 0.4) is 0 Å².